The van der Waals surface area contributed by atoms with Crippen LogP contribution in [0.25, 0.3) is 11.5 Å². The fraction of sp³-hybridized carbons (Fsp3) is 0.179. The first-order chi connectivity index (χ1) is 17.1. The van der Waals surface area contributed by atoms with Crippen molar-refractivity contribution in [1.82, 2.24) is 4.98 Å². The van der Waals surface area contributed by atoms with Crippen molar-refractivity contribution < 1.29 is 53.4 Å². The van der Waals surface area contributed by atoms with Gasteiger partial charge in [0.25, 0.3) is 0 Å². The van der Waals surface area contributed by atoms with Crippen LogP contribution in [0.15, 0.2) is 94.5 Å². The molecule has 0 unspecified atom stereocenters. The molecule has 0 aliphatic heterocycles. The molecule has 0 saturated heterocycles. The summed E-state index contributed by atoms with van der Waals surface area (Å²) in [5.41, 5.74) is 3.94. The molecule has 0 spiro atoms. The van der Waals surface area contributed by atoms with Crippen LogP contribution in [0.3, 0.4) is 0 Å². The van der Waals surface area contributed by atoms with Gasteiger partial charge >= 0.3 is 29.6 Å². The number of ether oxygens (including phenoxy) is 1. The number of rotatable bonds is 11. The quantitative estimate of drug-likeness (QED) is 0.180. The first kappa shape index (κ1) is 27.2. The van der Waals surface area contributed by atoms with Crippen LogP contribution in [0.5, 0.6) is 5.75 Å². The Morgan fingerprint density at radius 3 is 2.25 bits per heavy atom. The molecule has 0 saturated carbocycles. The van der Waals surface area contributed by atoms with Crippen molar-refractivity contribution in [3.8, 4) is 17.2 Å². The van der Waals surface area contributed by atoms with E-state index in [0.717, 1.165) is 28.1 Å². The molecule has 0 aliphatic carbocycles. The molecular formula is C28H25N2NaO5. The SMILES string of the molecule is Cc1oc(-c2ccccc2)nc1COc1ccc(CO/N=C(/CCC(=O)[O-])c2ccccc2)cc1.[Na+]. The van der Waals surface area contributed by atoms with Crippen LogP contribution in [0.2, 0.25) is 0 Å². The van der Waals surface area contributed by atoms with Crippen molar-refractivity contribution in [3.63, 3.8) is 0 Å². The first-order valence-corrected chi connectivity index (χ1v) is 11.3. The second kappa shape index (κ2) is 13.6. The molecule has 4 rings (SSSR count). The number of aryl methyl sites for hydroxylation is 1. The molecule has 1 aromatic heterocycles. The van der Waals surface area contributed by atoms with Crippen LogP contribution in [-0.4, -0.2) is 16.7 Å². The second-order valence-electron chi connectivity index (χ2n) is 7.87. The zero-order chi connectivity index (χ0) is 24.5. The second-order valence-corrected chi connectivity index (χ2v) is 7.87. The summed E-state index contributed by atoms with van der Waals surface area (Å²) in [5.74, 6) is 0.866. The summed E-state index contributed by atoms with van der Waals surface area (Å²) in [6.45, 7) is 2.40. The maximum absolute atomic E-state index is 10.9. The van der Waals surface area contributed by atoms with Crippen LogP contribution >= 0.6 is 0 Å². The number of oxazole rings is 1. The van der Waals surface area contributed by atoms with E-state index in [-0.39, 0.29) is 49.0 Å². The number of aliphatic carboxylic acids is 1. The van der Waals surface area contributed by atoms with E-state index in [9.17, 15) is 9.90 Å². The molecule has 3 aromatic carbocycles. The van der Waals surface area contributed by atoms with E-state index in [1.54, 1.807) is 0 Å². The Balaban J connectivity index is 0.00000361. The number of carbonyl (C=O) groups is 1. The Morgan fingerprint density at radius 1 is 0.917 bits per heavy atom. The van der Waals surface area contributed by atoms with Gasteiger partial charge in [-0.25, -0.2) is 4.98 Å². The third-order valence-electron chi connectivity index (χ3n) is 5.29. The Bertz CT molecular complexity index is 1270. The number of nitrogens with zero attached hydrogens (tertiary/aromatic N) is 2. The Hall–Kier alpha value is -3.39. The third-order valence-corrected chi connectivity index (χ3v) is 5.29. The van der Waals surface area contributed by atoms with Gasteiger partial charge in [-0.1, -0.05) is 65.8 Å². The summed E-state index contributed by atoms with van der Waals surface area (Å²) in [5, 5.41) is 15.0. The molecular weight excluding hydrogens is 467 g/mol. The standard InChI is InChI=1S/C28H26N2O5.Na/c1-20-26(29-28(35-20)23-10-6-3-7-11-23)19-33-24-14-12-21(13-15-24)18-34-30-25(16-17-27(31)32)22-8-4-2-5-9-22;/h2-15H,16-19H2,1H3,(H,31,32);/q;+1/p-1/b30-25-;. The summed E-state index contributed by atoms with van der Waals surface area (Å²) in [4.78, 5) is 20.9. The van der Waals surface area contributed by atoms with Crippen molar-refractivity contribution >= 4 is 11.7 Å². The molecule has 36 heavy (non-hydrogen) atoms. The minimum absolute atomic E-state index is 0. The van der Waals surface area contributed by atoms with Gasteiger partial charge in [-0.2, -0.15) is 0 Å². The fourth-order valence-electron chi connectivity index (χ4n) is 3.38. The van der Waals surface area contributed by atoms with Gasteiger partial charge in [0.15, 0.2) is 0 Å². The monoisotopic (exact) mass is 492 g/mol. The van der Waals surface area contributed by atoms with Crippen molar-refractivity contribution in [2.75, 3.05) is 0 Å². The topological polar surface area (TPSA) is 97.0 Å². The van der Waals surface area contributed by atoms with Gasteiger partial charge in [0.05, 0.1) is 5.71 Å². The third kappa shape index (κ3) is 7.81. The fourth-order valence-corrected chi connectivity index (χ4v) is 3.38. The molecule has 7 nitrogen and oxygen atoms in total. The number of aromatic nitrogens is 1. The van der Waals surface area contributed by atoms with E-state index in [1.165, 1.54) is 0 Å². The van der Waals surface area contributed by atoms with Crippen LogP contribution in [0, 0.1) is 6.92 Å². The number of carbonyl (C=O) groups excluding carboxylic acids is 1. The summed E-state index contributed by atoms with van der Waals surface area (Å²) in [6, 6.07) is 26.6. The van der Waals surface area contributed by atoms with Gasteiger partial charge in [-0.15, -0.1) is 0 Å². The molecule has 0 N–H and O–H groups in total. The molecule has 1 heterocycles. The number of hydrogen-bond acceptors (Lipinski definition) is 7. The molecule has 0 radical (unpaired) electrons. The average molecular weight is 493 g/mol. The van der Waals surface area contributed by atoms with Crippen molar-refractivity contribution in [2.45, 2.75) is 33.0 Å². The maximum Gasteiger partial charge on any atom is 1.00 e. The van der Waals surface area contributed by atoms with E-state index in [1.807, 2.05) is 91.9 Å². The van der Waals surface area contributed by atoms with Gasteiger partial charge in [0.2, 0.25) is 5.89 Å². The molecule has 4 aromatic rings. The van der Waals surface area contributed by atoms with E-state index >= 15 is 0 Å². The van der Waals surface area contributed by atoms with E-state index in [4.69, 9.17) is 14.0 Å². The predicted octanol–water partition coefficient (Wildman–Crippen LogP) is 1.68. The zero-order valence-electron chi connectivity index (χ0n) is 20.3. The largest absolute Gasteiger partial charge is 1.00 e. The number of carboxylic acid groups (broad SMARTS) is 1. The van der Waals surface area contributed by atoms with Gasteiger partial charge in [-0.05, 0) is 55.2 Å². The van der Waals surface area contributed by atoms with Crippen LogP contribution in [0.1, 0.15) is 35.4 Å². The minimum atomic E-state index is -1.12. The average Bonchev–Trinajstić information content (AvgIpc) is 3.27. The first-order valence-electron chi connectivity index (χ1n) is 11.3. The smallest absolute Gasteiger partial charge is 0.550 e. The molecule has 178 valence electrons. The minimum Gasteiger partial charge on any atom is -0.550 e. The summed E-state index contributed by atoms with van der Waals surface area (Å²) < 4.78 is 11.7. The molecule has 0 atom stereocenters. The predicted molar refractivity (Wildman–Crippen MR) is 129 cm³/mol. The van der Waals surface area contributed by atoms with Gasteiger partial charge in [0, 0.05) is 11.5 Å². The van der Waals surface area contributed by atoms with Crippen LogP contribution in [-0.2, 0) is 22.8 Å². The number of oxime groups is 1. The Kier molecular flexibility index (Phi) is 10.3. The number of carboxylic acids is 1. The summed E-state index contributed by atoms with van der Waals surface area (Å²) >= 11 is 0. The van der Waals surface area contributed by atoms with Gasteiger partial charge < -0.3 is 23.9 Å². The normalized spacial score (nSPS) is 11.0. The zero-order valence-corrected chi connectivity index (χ0v) is 22.3. The van der Waals surface area contributed by atoms with Gasteiger partial charge in [-0.3, -0.25) is 0 Å². The van der Waals surface area contributed by atoms with E-state index in [0.29, 0.717) is 24.0 Å². The van der Waals surface area contributed by atoms with Crippen molar-refractivity contribution in [2.24, 2.45) is 5.16 Å². The molecule has 0 fully saturated rings. The van der Waals surface area contributed by atoms with Crippen LogP contribution in [0.4, 0.5) is 0 Å². The molecule has 0 aliphatic rings. The maximum atomic E-state index is 10.9. The Morgan fingerprint density at radius 2 is 1.58 bits per heavy atom. The molecule has 0 amide bonds. The van der Waals surface area contributed by atoms with Crippen LogP contribution < -0.4 is 39.4 Å². The van der Waals surface area contributed by atoms with Gasteiger partial charge in [0.1, 0.15) is 30.4 Å². The van der Waals surface area contributed by atoms with E-state index < -0.39 is 5.97 Å². The van der Waals surface area contributed by atoms with Crippen molar-refractivity contribution in [3.05, 3.63) is 108 Å². The summed E-state index contributed by atoms with van der Waals surface area (Å²) in [6.07, 6.45) is 0.105. The summed E-state index contributed by atoms with van der Waals surface area (Å²) in [7, 11) is 0. The van der Waals surface area contributed by atoms with E-state index in [2.05, 4.69) is 10.1 Å². The number of hydrogen-bond donors (Lipinski definition) is 0. The molecule has 8 heteroatoms. The molecule has 0 bridgehead atoms. The van der Waals surface area contributed by atoms with Crippen molar-refractivity contribution in [1.29, 1.82) is 0 Å². The number of benzene rings is 3. The Labute approximate surface area is 232 Å².